The molecular weight excluding hydrogens is 465 g/mol. The van der Waals surface area contributed by atoms with Gasteiger partial charge in [0.15, 0.2) is 23.7 Å². The van der Waals surface area contributed by atoms with Crippen molar-refractivity contribution >= 4 is 51.5 Å². The summed E-state index contributed by atoms with van der Waals surface area (Å²) in [6.45, 7) is 0.974. The number of hydrogen-bond acceptors (Lipinski definition) is 5. The summed E-state index contributed by atoms with van der Waals surface area (Å²) < 4.78 is 11.6. The number of ketones is 1. The lowest BCUT2D eigenvalue weighted by molar-refractivity contribution is -0.118. The average Bonchev–Trinajstić information content (AvgIpc) is 2.79. The maximum absolute atomic E-state index is 13.2. The van der Waals surface area contributed by atoms with Gasteiger partial charge in [0.2, 0.25) is 11.2 Å². The number of Topliss-reactive ketones (excluding diaryl/α,β-unsaturated/α-hetero) is 1. The molecule has 4 aromatic rings. The summed E-state index contributed by atoms with van der Waals surface area (Å²) >= 11 is 12.3. The van der Waals surface area contributed by atoms with E-state index in [1.54, 1.807) is 48.5 Å². The number of anilines is 1. The number of halogens is 2. The van der Waals surface area contributed by atoms with Gasteiger partial charge in [-0.1, -0.05) is 65.7 Å². The Morgan fingerprint density at radius 2 is 1.76 bits per heavy atom. The first kappa shape index (κ1) is 22.6. The lowest BCUT2D eigenvalue weighted by atomic mass is 10.1. The maximum Gasteiger partial charge on any atom is 0.262 e. The Labute approximate surface area is 198 Å². The van der Waals surface area contributed by atoms with E-state index in [1.165, 1.54) is 19.1 Å². The van der Waals surface area contributed by atoms with Crippen LogP contribution < -0.4 is 15.5 Å². The fraction of sp³-hybridized carbons (Fsp3) is 0.0800. The standard InChI is InChI=1S/C25H17Cl2NO5/c1-14(29)16-8-5-9-18(10-16)28-21(30)13-32-25-22(31)19-11-17(26)12-20(27)24(19)33-23(25)15-6-3-2-4-7-15/h2-12H,13H2,1H3,(H,28,30). The number of nitrogens with one attached hydrogen (secondary N) is 1. The van der Waals surface area contributed by atoms with Crippen molar-refractivity contribution in [2.24, 2.45) is 0 Å². The number of ether oxygens (including phenoxy) is 1. The molecule has 0 radical (unpaired) electrons. The van der Waals surface area contributed by atoms with Gasteiger partial charge < -0.3 is 14.5 Å². The van der Waals surface area contributed by atoms with Gasteiger partial charge in [-0.15, -0.1) is 0 Å². The highest BCUT2D eigenvalue weighted by atomic mass is 35.5. The number of benzene rings is 3. The molecule has 8 heteroatoms. The van der Waals surface area contributed by atoms with E-state index in [2.05, 4.69) is 5.32 Å². The van der Waals surface area contributed by atoms with Crippen molar-refractivity contribution in [1.82, 2.24) is 0 Å². The number of hydrogen-bond donors (Lipinski definition) is 1. The minimum atomic E-state index is -0.515. The van der Waals surface area contributed by atoms with Crippen molar-refractivity contribution in [3.8, 4) is 17.1 Å². The van der Waals surface area contributed by atoms with Crippen molar-refractivity contribution in [3.63, 3.8) is 0 Å². The zero-order valence-corrected chi connectivity index (χ0v) is 18.9. The van der Waals surface area contributed by atoms with Gasteiger partial charge in [0.25, 0.3) is 5.91 Å². The molecule has 0 bridgehead atoms. The molecule has 1 aromatic heterocycles. The van der Waals surface area contributed by atoms with Gasteiger partial charge in [-0.25, -0.2) is 0 Å². The summed E-state index contributed by atoms with van der Waals surface area (Å²) in [5, 5.41) is 3.23. The van der Waals surface area contributed by atoms with E-state index in [9.17, 15) is 14.4 Å². The molecule has 1 amide bonds. The predicted molar refractivity (Wildman–Crippen MR) is 129 cm³/mol. The van der Waals surface area contributed by atoms with Crippen LogP contribution in [-0.4, -0.2) is 18.3 Å². The molecule has 6 nitrogen and oxygen atoms in total. The van der Waals surface area contributed by atoms with E-state index in [0.29, 0.717) is 16.8 Å². The van der Waals surface area contributed by atoms with Gasteiger partial charge in [-0.2, -0.15) is 0 Å². The number of carbonyl (C=O) groups is 2. The number of amides is 1. The zero-order valence-electron chi connectivity index (χ0n) is 17.4. The molecule has 1 heterocycles. The van der Waals surface area contributed by atoms with Crippen LogP contribution in [0.5, 0.6) is 5.75 Å². The SMILES string of the molecule is CC(=O)c1cccc(NC(=O)COc2c(-c3ccccc3)oc3c(Cl)cc(Cl)cc3c2=O)c1. The second-order valence-corrected chi connectivity index (χ2v) is 8.04. The van der Waals surface area contributed by atoms with Crippen LogP contribution in [0.1, 0.15) is 17.3 Å². The minimum Gasteiger partial charge on any atom is -0.476 e. The molecule has 33 heavy (non-hydrogen) atoms. The number of carbonyl (C=O) groups excluding carboxylic acids is 2. The molecule has 0 aliphatic rings. The quantitative estimate of drug-likeness (QED) is 0.342. The van der Waals surface area contributed by atoms with Crippen LogP contribution in [0.4, 0.5) is 5.69 Å². The average molecular weight is 482 g/mol. The predicted octanol–water partition coefficient (Wildman–Crippen LogP) is 5.99. The third kappa shape index (κ3) is 4.92. The van der Waals surface area contributed by atoms with Crippen LogP contribution in [0.2, 0.25) is 10.0 Å². The van der Waals surface area contributed by atoms with Crippen LogP contribution in [0.25, 0.3) is 22.3 Å². The molecule has 0 atom stereocenters. The molecule has 4 rings (SSSR count). The van der Waals surface area contributed by atoms with Crippen molar-refractivity contribution in [1.29, 1.82) is 0 Å². The molecule has 0 aliphatic heterocycles. The van der Waals surface area contributed by atoms with Crippen molar-refractivity contribution < 1.29 is 18.7 Å². The topological polar surface area (TPSA) is 85.6 Å². The Hall–Kier alpha value is -3.61. The second-order valence-electron chi connectivity index (χ2n) is 7.19. The molecule has 166 valence electrons. The zero-order chi connectivity index (χ0) is 23.5. The highest BCUT2D eigenvalue weighted by Gasteiger charge is 2.21. The fourth-order valence-electron chi connectivity index (χ4n) is 3.27. The summed E-state index contributed by atoms with van der Waals surface area (Å²) in [4.78, 5) is 37.3. The van der Waals surface area contributed by atoms with Gasteiger partial charge in [0, 0.05) is 21.8 Å². The first-order valence-electron chi connectivity index (χ1n) is 9.88. The molecule has 0 saturated heterocycles. The normalized spacial score (nSPS) is 10.8. The van der Waals surface area contributed by atoms with Crippen LogP contribution in [0.15, 0.2) is 75.9 Å². The monoisotopic (exact) mass is 481 g/mol. The van der Waals surface area contributed by atoms with Crippen LogP contribution in [0.3, 0.4) is 0 Å². The third-order valence-corrected chi connectivity index (χ3v) is 5.30. The largest absolute Gasteiger partial charge is 0.476 e. The van der Waals surface area contributed by atoms with Crippen molar-refractivity contribution in [2.75, 3.05) is 11.9 Å². The fourth-order valence-corrected chi connectivity index (χ4v) is 3.80. The van der Waals surface area contributed by atoms with Gasteiger partial charge in [0.05, 0.1) is 10.4 Å². The van der Waals surface area contributed by atoms with Crippen LogP contribution in [0, 0.1) is 0 Å². The minimum absolute atomic E-state index is 0.124. The molecule has 0 fully saturated rings. The number of rotatable bonds is 6. The van der Waals surface area contributed by atoms with Gasteiger partial charge in [-0.3, -0.25) is 14.4 Å². The Bertz CT molecular complexity index is 1430. The van der Waals surface area contributed by atoms with Gasteiger partial charge in [0.1, 0.15) is 0 Å². The molecule has 0 unspecified atom stereocenters. The number of fused-ring (bicyclic) bond motifs is 1. The van der Waals surface area contributed by atoms with Crippen molar-refractivity contribution in [2.45, 2.75) is 6.92 Å². The summed E-state index contributed by atoms with van der Waals surface area (Å²) in [5.41, 5.74) is 1.13. The first-order valence-corrected chi connectivity index (χ1v) is 10.6. The smallest absolute Gasteiger partial charge is 0.262 e. The van der Waals surface area contributed by atoms with Gasteiger partial charge >= 0.3 is 0 Å². The Balaban J connectivity index is 1.68. The highest BCUT2D eigenvalue weighted by molar-refractivity contribution is 6.38. The molecule has 0 saturated carbocycles. The van der Waals surface area contributed by atoms with Crippen LogP contribution in [-0.2, 0) is 4.79 Å². The summed E-state index contributed by atoms with van der Waals surface area (Å²) in [6, 6.07) is 18.3. The Morgan fingerprint density at radius 1 is 1.00 bits per heavy atom. The van der Waals surface area contributed by atoms with E-state index in [1.807, 2.05) is 6.07 Å². The molecule has 0 aliphatic carbocycles. The van der Waals surface area contributed by atoms with Crippen molar-refractivity contribution in [3.05, 3.63) is 92.6 Å². The summed E-state index contributed by atoms with van der Waals surface area (Å²) in [7, 11) is 0. The van der Waals surface area contributed by atoms with E-state index >= 15 is 0 Å². The van der Waals surface area contributed by atoms with E-state index < -0.39 is 17.9 Å². The van der Waals surface area contributed by atoms with E-state index in [-0.39, 0.29) is 38.3 Å². The molecule has 0 spiro atoms. The molecule has 1 N–H and O–H groups in total. The maximum atomic E-state index is 13.2. The second kappa shape index (κ2) is 9.48. The molecular formula is C25H17Cl2NO5. The summed E-state index contributed by atoms with van der Waals surface area (Å²) in [6.07, 6.45) is 0. The molecule has 3 aromatic carbocycles. The lowest BCUT2D eigenvalue weighted by Gasteiger charge is -2.13. The third-order valence-electron chi connectivity index (χ3n) is 4.81. The van der Waals surface area contributed by atoms with Gasteiger partial charge in [-0.05, 0) is 31.2 Å². The van der Waals surface area contributed by atoms with E-state index in [0.717, 1.165) is 0 Å². The highest BCUT2D eigenvalue weighted by Crippen LogP contribution is 2.35. The summed E-state index contributed by atoms with van der Waals surface area (Å²) in [5.74, 6) is -0.636. The lowest BCUT2D eigenvalue weighted by Crippen LogP contribution is -2.22. The van der Waals surface area contributed by atoms with E-state index in [4.69, 9.17) is 32.4 Å². The Kier molecular flexibility index (Phi) is 6.49. The van der Waals surface area contributed by atoms with Crippen LogP contribution >= 0.6 is 23.2 Å². The Morgan fingerprint density at radius 3 is 2.48 bits per heavy atom. The first-order chi connectivity index (χ1) is 15.8.